The Balaban J connectivity index is 1.61. The number of hydrogen-bond donors (Lipinski definition) is 1. The highest BCUT2D eigenvalue weighted by molar-refractivity contribution is 5.78. The number of pyridine rings is 2. The molecule has 3 rings (SSSR count). The molecule has 2 aromatic heterocycles. The topological polar surface area (TPSA) is 67.3 Å². The molecule has 1 aliphatic rings. The first-order valence-electron chi connectivity index (χ1n) is 7.86. The number of aromatic nitrogens is 2. The van der Waals surface area contributed by atoms with E-state index in [1.807, 2.05) is 39.0 Å². The Labute approximate surface area is 135 Å². The zero-order valence-corrected chi connectivity index (χ0v) is 13.7. The molecule has 0 saturated carbocycles. The molecular weight excluding hydrogens is 292 g/mol. The minimum atomic E-state index is -0.460. The van der Waals surface area contributed by atoms with Gasteiger partial charge in [-0.3, -0.25) is 0 Å². The molecular formula is C17H22N4O2. The monoisotopic (exact) mass is 314 g/mol. The van der Waals surface area contributed by atoms with Crippen LogP contribution >= 0.6 is 0 Å². The van der Waals surface area contributed by atoms with Gasteiger partial charge in [-0.1, -0.05) is 0 Å². The zero-order chi connectivity index (χ0) is 16.4. The number of rotatable bonds is 2. The van der Waals surface area contributed by atoms with E-state index in [4.69, 9.17) is 4.74 Å². The molecule has 1 saturated heterocycles. The van der Waals surface area contributed by atoms with Gasteiger partial charge in [0.2, 0.25) is 0 Å². The number of ether oxygens (including phenoxy) is 1. The van der Waals surface area contributed by atoms with E-state index >= 15 is 0 Å². The predicted octanol–water partition coefficient (Wildman–Crippen LogP) is 3.05. The van der Waals surface area contributed by atoms with E-state index in [0.29, 0.717) is 13.1 Å². The van der Waals surface area contributed by atoms with Crippen LogP contribution in [0.15, 0.2) is 30.6 Å². The van der Waals surface area contributed by atoms with Gasteiger partial charge < -0.3 is 15.0 Å². The molecule has 0 unspecified atom stereocenters. The van der Waals surface area contributed by atoms with Crippen molar-refractivity contribution in [2.24, 2.45) is 0 Å². The summed E-state index contributed by atoms with van der Waals surface area (Å²) in [4.78, 5) is 22.4. The van der Waals surface area contributed by atoms with Gasteiger partial charge in [-0.25, -0.2) is 14.8 Å². The Morgan fingerprint density at radius 2 is 2.22 bits per heavy atom. The Morgan fingerprint density at radius 3 is 3.00 bits per heavy atom. The number of nitrogens with zero attached hydrogens (tertiary/aromatic N) is 3. The van der Waals surface area contributed by atoms with E-state index in [0.717, 1.165) is 23.1 Å². The fraction of sp³-hybridized carbons (Fsp3) is 0.471. The Kier molecular flexibility index (Phi) is 4.07. The van der Waals surface area contributed by atoms with Crippen LogP contribution in [-0.2, 0) is 4.74 Å². The molecule has 122 valence electrons. The summed E-state index contributed by atoms with van der Waals surface area (Å²) in [6.07, 6.45) is 4.16. The second kappa shape index (κ2) is 6.02. The molecule has 2 aromatic rings. The van der Waals surface area contributed by atoms with Crippen molar-refractivity contribution in [3.63, 3.8) is 0 Å². The molecule has 3 heterocycles. The molecule has 0 bridgehead atoms. The van der Waals surface area contributed by atoms with E-state index in [9.17, 15) is 4.79 Å². The van der Waals surface area contributed by atoms with Gasteiger partial charge in [0.05, 0.1) is 11.9 Å². The lowest BCUT2D eigenvalue weighted by Gasteiger charge is -2.24. The maximum Gasteiger partial charge on any atom is 0.410 e. The van der Waals surface area contributed by atoms with Crippen molar-refractivity contribution in [2.45, 2.75) is 38.8 Å². The van der Waals surface area contributed by atoms with Crippen LogP contribution in [0.1, 0.15) is 27.2 Å². The molecule has 6 heteroatoms. The molecule has 0 aromatic carbocycles. The van der Waals surface area contributed by atoms with Crippen molar-refractivity contribution in [2.75, 3.05) is 18.4 Å². The van der Waals surface area contributed by atoms with E-state index < -0.39 is 5.60 Å². The lowest BCUT2D eigenvalue weighted by atomic mass is 10.2. The number of hydrogen-bond acceptors (Lipinski definition) is 5. The summed E-state index contributed by atoms with van der Waals surface area (Å²) in [6, 6.07) is 6.12. The van der Waals surface area contributed by atoms with E-state index in [-0.39, 0.29) is 12.1 Å². The van der Waals surface area contributed by atoms with Crippen molar-refractivity contribution < 1.29 is 9.53 Å². The summed E-state index contributed by atoms with van der Waals surface area (Å²) in [5.74, 6) is 0. The van der Waals surface area contributed by atoms with Crippen LogP contribution in [0.25, 0.3) is 11.0 Å². The summed E-state index contributed by atoms with van der Waals surface area (Å²) in [5.41, 5.74) is 1.22. The molecule has 1 amide bonds. The average molecular weight is 314 g/mol. The number of anilines is 1. The van der Waals surface area contributed by atoms with Crippen LogP contribution in [0, 0.1) is 0 Å². The summed E-state index contributed by atoms with van der Waals surface area (Å²) >= 11 is 0. The van der Waals surface area contributed by atoms with Crippen LogP contribution in [0.3, 0.4) is 0 Å². The molecule has 1 N–H and O–H groups in total. The van der Waals surface area contributed by atoms with Crippen molar-refractivity contribution in [1.82, 2.24) is 14.9 Å². The average Bonchev–Trinajstić information content (AvgIpc) is 2.94. The first-order valence-corrected chi connectivity index (χ1v) is 7.86. The van der Waals surface area contributed by atoms with Crippen LogP contribution in [-0.4, -0.2) is 45.7 Å². The Hall–Kier alpha value is -2.37. The fourth-order valence-corrected chi connectivity index (χ4v) is 2.65. The fourth-order valence-electron chi connectivity index (χ4n) is 2.65. The van der Waals surface area contributed by atoms with Crippen LogP contribution < -0.4 is 5.32 Å². The standard InChI is InChI=1S/C17H22N4O2/c1-17(2,3)23-16(22)21-8-6-13(11-21)20-14-9-12-5-4-7-18-15(12)19-10-14/h4-5,7,9-10,13,20H,6,8,11H2,1-3H3/t13-/m0/s1. The smallest absolute Gasteiger partial charge is 0.410 e. The largest absolute Gasteiger partial charge is 0.444 e. The minimum Gasteiger partial charge on any atom is -0.444 e. The van der Waals surface area contributed by atoms with Crippen LogP contribution in [0.4, 0.5) is 10.5 Å². The van der Waals surface area contributed by atoms with Crippen molar-refractivity contribution in [3.05, 3.63) is 30.6 Å². The second-order valence-electron chi connectivity index (χ2n) is 6.83. The van der Waals surface area contributed by atoms with Gasteiger partial charge in [0.1, 0.15) is 5.60 Å². The van der Waals surface area contributed by atoms with Gasteiger partial charge in [0, 0.05) is 30.7 Å². The third-order valence-corrected chi connectivity index (χ3v) is 3.66. The first kappa shape index (κ1) is 15.5. The molecule has 1 fully saturated rings. The molecule has 1 aliphatic heterocycles. The first-order chi connectivity index (χ1) is 10.9. The van der Waals surface area contributed by atoms with Crippen molar-refractivity contribution in [3.8, 4) is 0 Å². The maximum absolute atomic E-state index is 12.1. The maximum atomic E-state index is 12.1. The van der Waals surface area contributed by atoms with E-state index in [2.05, 4.69) is 15.3 Å². The second-order valence-corrected chi connectivity index (χ2v) is 6.83. The highest BCUT2D eigenvalue weighted by Gasteiger charge is 2.29. The van der Waals surface area contributed by atoms with Gasteiger partial charge in [-0.2, -0.15) is 0 Å². The minimum absolute atomic E-state index is 0.207. The number of fused-ring (bicyclic) bond motifs is 1. The van der Waals surface area contributed by atoms with Crippen molar-refractivity contribution >= 4 is 22.8 Å². The van der Waals surface area contributed by atoms with Crippen LogP contribution in [0.2, 0.25) is 0 Å². The summed E-state index contributed by atoms with van der Waals surface area (Å²) < 4.78 is 5.42. The normalized spacial score (nSPS) is 18.2. The lowest BCUT2D eigenvalue weighted by Crippen LogP contribution is -2.36. The number of carbonyl (C=O) groups is 1. The quantitative estimate of drug-likeness (QED) is 0.923. The summed E-state index contributed by atoms with van der Waals surface area (Å²) in [7, 11) is 0. The molecule has 1 atom stereocenters. The van der Waals surface area contributed by atoms with E-state index in [1.54, 1.807) is 17.3 Å². The van der Waals surface area contributed by atoms with Gasteiger partial charge in [0.25, 0.3) is 0 Å². The molecule has 23 heavy (non-hydrogen) atoms. The molecule has 0 spiro atoms. The SMILES string of the molecule is CC(C)(C)OC(=O)N1CC[C@H](Nc2cnc3ncccc3c2)C1. The Bertz CT molecular complexity index is 711. The molecule has 0 radical (unpaired) electrons. The van der Waals surface area contributed by atoms with Gasteiger partial charge >= 0.3 is 6.09 Å². The van der Waals surface area contributed by atoms with Gasteiger partial charge in [0.15, 0.2) is 5.65 Å². The zero-order valence-electron chi connectivity index (χ0n) is 13.7. The lowest BCUT2D eigenvalue weighted by molar-refractivity contribution is 0.0293. The number of likely N-dealkylation sites (tertiary alicyclic amines) is 1. The Morgan fingerprint density at radius 1 is 1.39 bits per heavy atom. The highest BCUT2D eigenvalue weighted by atomic mass is 16.6. The predicted molar refractivity (Wildman–Crippen MR) is 89.4 cm³/mol. The van der Waals surface area contributed by atoms with Crippen molar-refractivity contribution in [1.29, 1.82) is 0 Å². The summed E-state index contributed by atoms with van der Waals surface area (Å²) in [6.45, 7) is 6.98. The van der Waals surface area contributed by atoms with E-state index in [1.165, 1.54) is 0 Å². The third kappa shape index (κ3) is 3.88. The molecule has 0 aliphatic carbocycles. The molecule has 6 nitrogen and oxygen atoms in total. The number of carbonyl (C=O) groups excluding carboxylic acids is 1. The van der Waals surface area contributed by atoms with Gasteiger partial charge in [-0.05, 0) is 45.4 Å². The van der Waals surface area contributed by atoms with Gasteiger partial charge in [-0.15, -0.1) is 0 Å². The number of nitrogens with one attached hydrogen (secondary N) is 1. The highest BCUT2D eigenvalue weighted by Crippen LogP contribution is 2.20. The number of amides is 1. The summed E-state index contributed by atoms with van der Waals surface area (Å²) in [5, 5.41) is 4.44. The third-order valence-electron chi connectivity index (χ3n) is 3.66. The van der Waals surface area contributed by atoms with Crippen LogP contribution in [0.5, 0.6) is 0 Å².